The number of carbonyl (C=O) groups excluding carboxylic acids is 2. The van der Waals surface area contributed by atoms with Crippen LogP contribution >= 0.6 is 0 Å². The van der Waals surface area contributed by atoms with E-state index in [9.17, 15) is 19.5 Å². The predicted octanol–water partition coefficient (Wildman–Crippen LogP) is 3.27. The molecule has 0 spiro atoms. The van der Waals surface area contributed by atoms with Gasteiger partial charge in [-0.3, -0.25) is 0 Å². The van der Waals surface area contributed by atoms with Crippen LogP contribution in [0.4, 0.5) is 9.59 Å². The Bertz CT molecular complexity index is 728. The van der Waals surface area contributed by atoms with Gasteiger partial charge in [0.15, 0.2) is 0 Å². The minimum Gasteiger partial charge on any atom is -0.480 e. The zero-order valence-electron chi connectivity index (χ0n) is 15.2. The van der Waals surface area contributed by atoms with E-state index in [1.54, 1.807) is 36.4 Å². The maximum absolute atomic E-state index is 12.6. The summed E-state index contributed by atoms with van der Waals surface area (Å²) in [5, 5.41) is 9.58. The third kappa shape index (κ3) is 6.10. The second-order valence-corrected chi connectivity index (χ2v) is 5.87. The number of hydrogen-bond acceptors (Lipinski definition) is 6. The van der Waals surface area contributed by atoms with Gasteiger partial charge >= 0.3 is 18.2 Å². The Labute approximate surface area is 162 Å². The number of imide groups is 1. The average Bonchev–Trinajstić information content (AvgIpc) is 2.68. The van der Waals surface area contributed by atoms with Crippen LogP contribution in [0.2, 0.25) is 0 Å². The number of amides is 2. The molecule has 0 radical (unpaired) electrons. The van der Waals surface area contributed by atoms with Crippen LogP contribution in [0.3, 0.4) is 0 Å². The molecule has 0 heterocycles. The molecule has 0 fully saturated rings. The van der Waals surface area contributed by atoms with E-state index >= 15 is 0 Å². The van der Waals surface area contributed by atoms with E-state index in [2.05, 4.69) is 0 Å². The van der Waals surface area contributed by atoms with E-state index in [4.69, 9.17) is 15.2 Å². The van der Waals surface area contributed by atoms with Crippen molar-refractivity contribution in [2.45, 2.75) is 25.3 Å². The van der Waals surface area contributed by atoms with Crippen molar-refractivity contribution in [2.24, 2.45) is 5.73 Å². The van der Waals surface area contributed by atoms with Gasteiger partial charge in [-0.15, -0.1) is 0 Å². The summed E-state index contributed by atoms with van der Waals surface area (Å²) >= 11 is 0. The summed E-state index contributed by atoms with van der Waals surface area (Å²) in [6.07, 6.45) is -1.26. The Hall–Kier alpha value is -3.39. The second-order valence-electron chi connectivity index (χ2n) is 5.87. The zero-order chi connectivity index (χ0) is 20.4. The first-order valence-electron chi connectivity index (χ1n) is 8.78. The molecule has 148 valence electrons. The lowest BCUT2D eigenvalue weighted by Gasteiger charge is -2.25. The summed E-state index contributed by atoms with van der Waals surface area (Å²) in [6, 6.07) is 14.7. The lowest BCUT2D eigenvalue weighted by molar-refractivity contribution is -0.142. The number of aliphatic carboxylic acids is 1. The minimum atomic E-state index is -1.45. The molecular formula is C20H22N2O6. The summed E-state index contributed by atoms with van der Waals surface area (Å²) in [5.41, 5.74) is 5.45. The van der Waals surface area contributed by atoms with Crippen molar-refractivity contribution in [1.82, 2.24) is 4.90 Å². The monoisotopic (exact) mass is 386 g/mol. The fraction of sp³-hybridized carbons (Fsp3) is 0.250. The van der Waals surface area contributed by atoms with Crippen molar-refractivity contribution in [2.75, 3.05) is 6.54 Å². The molecule has 2 aromatic rings. The molecule has 0 bridgehead atoms. The van der Waals surface area contributed by atoms with E-state index in [1.165, 1.54) is 24.3 Å². The van der Waals surface area contributed by atoms with Crippen LogP contribution in [0.5, 0.6) is 11.5 Å². The minimum absolute atomic E-state index is 0.0281. The fourth-order valence-corrected chi connectivity index (χ4v) is 2.45. The van der Waals surface area contributed by atoms with Crippen molar-refractivity contribution in [3.63, 3.8) is 0 Å². The lowest BCUT2D eigenvalue weighted by Crippen LogP contribution is -2.51. The summed E-state index contributed by atoms with van der Waals surface area (Å²) < 4.78 is 10.3. The molecule has 3 N–H and O–H groups in total. The molecule has 0 saturated carbocycles. The maximum atomic E-state index is 12.6. The molecule has 8 heteroatoms. The van der Waals surface area contributed by atoms with Crippen molar-refractivity contribution in [3.8, 4) is 11.5 Å². The number of hydrogen-bond donors (Lipinski definition) is 2. The number of carboxylic acid groups (broad SMARTS) is 1. The summed E-state index contributed by atoms with van der Waals surface area (Å²) in [7, 11) is 0. The molecule has 0 aromatic heterocycles. The molecule has 28 heavy (non-hydrogen) atoms. The van der Waals surface area contributed by atoms with Gasteiger partial charge in [-0.1, -0.05) is 36.4 Å². The average molecular weight is 386 g/mol. The van der Waals surface area contributed by atoms with Crippen molar-refractivity contribution < 1.29 is 29.0 Å². The highest BCUT2D eigenvalue weighted by Gasteiger charge is 2.37. The number of rotatable bonds is 8. The number of unbranched alkanes of at least 4 members (excludes halogenated alkanes) is 1. The normalized spacial score (nSPS) is 11.3. The van der Waals surface area contributed by atoms with Gasteiger partial charge < -0.3 is 20.3 Å². The first kappa shape index (κ1) is 20.9. The first-order chi connectivity index (χ1) is 13.5. The Morgan fingerprint density at radius 3 is 1.71 bits per heavy atom. The third-order valence-electron chi connectivity index (χ3n) is 3.82. The number of carboxylic acids is 1. The van der Waals surface area contributed by atoms with Crippen molar-refractivity contribution in [3.05, 3.63) is 60.7 Å². The molecule has 0 aliphatic carbocycles. The molecule has 2 aromatic carbocycles. The van der Waals surface area contributed by atoms with Crippen LogP contribution in [-0.4, -0.2) is 40.7 Å². The van der Waals surface area contributed by atoms with Gasteiger partial charge in [0, 0.05) is 0 Å². The van der Waals surface area contributed by atoms with Gasteiger partial charge in [0.25, 0.3) is 0 Å². The van der Waals surface area contributed by atoms with E-state index in [0.717, 1.165) is 0 Å². The summed E-state index contributed by atoms with van der Waals surface area (Å²) in [5.74, 6) is -0.987. The molecule has 0 saturated heterocycles. The fourth-order valence-electron chi connectivity index (χ4n) is 2.45. The van der Waals surface area contributed by atoms with Crippen LogP contribution < -0.4 is 15.2 Å². The van der Waals surface area contributed by atoms with E-state index in [1.807, 2.05) is 0 Å². The Balaban J connectivity index is 2.25. The van der Waals surface area contributed by atoms with Gasteiger partial charge in [0.05, 0.1) is 0 Å². The van der Waals surface area contributed by atoms with Crippen LogP contribution in [0.25, 0.3) is 0 Å². The number of carbonyl (C=O) groups is 3. The van der Waals surface area contributed by atoms with E-state index < -0.39 is 24.2 Å². The number of ether oxygens (including phenoxy) is 2. The molecule has 8 nitrogen and oxygen atoms in total. The second kappa shape index (κ2) is 10.7. The molecule has 1 unspecified atom stereocenters. The first-order valence-corrected chi connectivity index (χ1v) is 8.78. The molecule has 2 rings (SSSR count). The predicted molar refractivity (Wildman–Crippen MR) is 101 cm³/mol. The van der Waals surface area contributed by atoms with Crippen LogP contribution in [-0.2, 0) is 4.79 Å². The molecular weight excluding hydrogens is 364 g/mol. The highest BCUT2D eigenvalue weighted by molar-refractivity contribution is 5.94. The summed E-state index contributed by atoms with van der Waals surface area (Å²) in [6.45, 7) is 0.370. The Kier molecular flexibility index (Phi) is 7.98. The zero-order valence-corrected chi connectivity index (χ0v) is 15.2. The van der Waals surface area contributed by atoms with Crippen molar-refractivity contribution in [1.29, 1.82) is 0 Å². The molecule has 0 aliphatic heterocycles. The Morgan fingerprint density at radius 1 is 0.857 bits per heavy atom. The molecule has 2 amide bonds. The number of benzene rings is 2. The molecule has 0 aliphatic rings. The number of nitrogens with zero attached hydrogens (tertiary/aromatic N) is 1. The highest BCUT2D eigenvalue weighted by Crippen LogP contribution is 2.18. The topological polar surface area (TPSA) is 119 Å². The third-order valence-corrected chi connectivity index (χ3v) is 3.82. The smallest absolute Gasteiger partial charge is 0.425 e. The summed E-state index contributed by atoms with van der Waals surface area (Å²) in [4.78, 5) is 37.5. The van der Waals surface area contributed by atoms with Crippen molar-refractivity contribution >= 4 is 18.2 Å². The highest BCUT2D eigenvalue weighted by atomic mass is 16.6. The Morgan fingerprint density at radius 2 is 1.32 bits per heavy atom. The standard InChI is InChI=1S/C20H22N2O6/c21-14-8-7-13-17(18(23)24)22(19(25)27-15-9-3-1-4-10-15)20(26)28-16-11-5-2-6-12-16/h1-6,9-12,17H,7-8,13-14,21H2,(H,23,24). The quantitative estimate of drug-likeness (QED) is 0.668. The van der Waals surface area contributed by atoms with E-state index in [0.29, 0.717) is 24.3 Å². The number of nitrogens with two attached hydrogens (primary N) is 1. The van der Waals surface area contributed by atoms with Crippen LogP contribution in [0, 0.1) is 0 Å². The lowest BCUT2D eigenvalue weighted by atomic mass is 10.1. The molecule has 1 atom stereocenters. The largest absolute Gasteiger partial charge is 0.480 e. The number of para-hydroxylation sites is 2. The van der Waals surface area contributed by atoms with Gasteiger partial charge in [-0.25, -0.2) is 14.4 Å². The van der Waals surface area contributed by atoms with Gasteiger partial charge in [-0.05, 0) is 50.1 Å². The van der Waals surface area contributed by atoms with E-state index in [-0.39, 0.29) is 17.9 Å². The maximum Gasteiger partial charge on any atom is 0.425 e. The SMILES string of the molecule is NCCCCC(C(=O)O)N(C(=O)Oc1ccccc1)C(=O)Oc1ccccc1. The van der Waals surface area contributed by atoms with Gasteiger partial charge in [-0.2, -0.15) is 4.90 Å². The van der Waals surface area contributed by atoms with Crippen LogP contribution in [0.1, 0.15) is 19.3 Å². The van der Waals surface area contributed by atoms with Gasteiger partial charge in [0.2, 0.25) is 0 Å². The van der Waals surface area contributed by atoms with Crippen LogP contribution in [0.15, 0.2) is 60.7 Å². The van der Waals surface area contributed by atoms with Gasteiger partial charge in [0.1, 0.15) is 17.5 Å².